The molecule has 6 nitrogen and oxygen atoms in total. The summed E-state index contributed by atoms with van der Waals surface area (Å²) < 4.78 is 11.1. The maximum Gasteiger partial charge on any atom is 0.307 e. The Morgan fingerprint density at radius 3 is 2.87 bits per heavy atom. The van der Waals surface area contributed by atoms with Gasteiger partial charge in [0.25, 0.3) is 5.91 Å². The summed E-state index contributed by atoms with van der Waals surface area (Å²) in [6.07, 6.45) is 0.119. The van der Waals surface area contributed by atoms with Crippen molar-refractivity contribution >= 4 is 33.4 Å². The molecule has 1 amide bonds. The SMILES string of the molecule is COC(=O)CCNC(=O)c1ccc(-c2nc3ccccc3s2)o1. The maximum absolute atomic E-state index is 12.0. The molecule has 0 aliphatic rings. The van der Waals surface area contributed by atoms with Gasteiger partial charge in [0.15, 0.2) is 16.5 Å². The Bertz CT molecular complexity index is 820. The van der Waals surface area contributed by atoms with Crippen LogP contribution in [0, 0.1) is 0 Å². The second-order valence-electron chi connectivity index (χ2n) is 4.73. The molecule has 0 saturated carbocycles. The first kappa shape index (κ1) is 15.2. The van der Waals surface area contributed by atoms with Crippen LogP contribution in [0.15, 0.2) is 40.8 Å². The van der Waals surface area contributed by atoms with Crippen molar-refractivity contribution in [2.45, 2.75) is 6.42 Å². The Hall–Kier alpha value is -2.67. The summed E-state index contributed by atoms with van der Waals surface area (Å²) in [7, 11) is 1.31. The van der Waals surface area contributed by atoms with E-state index in [1.54, 1.807) is 12.1 Å². The minimum absolute atomic E-state index is 0.119. The number of fused-ring (bicyclic) bond motifs is 1. The quantitative estimate of drug-likeness (QED) is 0.728. The smallest absolute Gasteiger partial charge is 0.307 e. The summed E-state index contributed by atoms with van der Waals surface area (Å²) >= 11 is 1.50. The molecule has 1 aromatic carbocycles. The third-order valence-corrected chi connectivity index (χ3v) is 4.23. The minimum atomic E-state index is -0.375. The van der Waals surface area contributed by atoms with E-state index in [1.807, 2.05) is 24.3 Å². The summed E-state index contributed by atoms with van der Waals surface area (Å²) in [6.45, 7) is 0.197. The van der Waals surface area contributed by atoms with Crippen LogP contribution in [0.5, 0.6) is 0 Å². The first-order valence-corrected chi connectivity index (χ1v) is 7.80. The molecule has 0 atom stereocenters. The van der Waals surface area contributed by atoms with Gasteiger partial charge in [0.05, 0.1) is 23.7 Å². The third-order valence-electron chi connectivity index (χ3n) is 3.18. The number of aromatic nitrogens is 1. The number of furan rings is 1. The first-order valence-electron chi connectivity index (χ1n) is 6.98. The summed E-state index contributed by atoms with van der Waals surface area (Å²) in [6, 6.07) is 11.1. The number of nitrogens with one attached hydrogen (secondary N) is 1. The van der Waals surface area contributed by atoms with Gasteiger partial charge in [0.1, 0.15) is 0 Å². The number of ether oxygens (including phenoxy) is 1. The van der Waals surface area contributed by atoms with Crippen LogP contribution in [0.1, 0.15) is 17.0 Å². The van der Waals surface area contributed by atoms with Crippen molar-refractivity contribution in [2.24, 2.45) is 0 Å². The predicted octanol–water partition coefficient (Wildman–Crippen LogP) is 2.85. The number of methoxy groups -OCH3 is 1. The summed E-state index contributed by atoms with van der Waals surface area (Å²) in [5.74, 6) is -0.0189. The molecule has 3 rings (SSSR count). The standard InChI is InChI=1S/C16H14N2O4S/c1-21-14(19)8-9-17-15(20)11-6-7-12(22-11)16-18-10-4-2-3-5-13(10)23-16/h2-7H,8-9H2,1H3,(H,17,20). The van der Waals surface area contributed by atoms with Crippen LogP contribution >= 0.6 is 11.3 Å². The molecule has 2 heterocycles. The van der Waals surface area contributed by atoms with Crippen molar-refractivity contribution in [1.29, 1.82) is 0 Å². The Kier molecular flexibility index (Phi) is 4.38. The van der Waals surface area contributed by atoms with E-state index in [4.69, 9.17) is 4.42 Å². The van der Waals surface area contributed by atoms with Crippen molar-refractivity contribution in [3.63, 3.8) is 0 Å². The van der Waals surface area contributed by atoms with Crippen molar-refractivity contribution in [2.75, 3.05) is 13.7 Å². The lowest BCUT2D eigenvalue weighted by Gasteiger charge is -2.01. The topological polar surface area (TPSA) is 81.4 Å². The predicted molar refractivity (Wildman–Crippen MR) is 86.3 cm³/mol. The zero-order chi connectivity index (χ0) is 16.2. The zero-order valence-electron chi connectivity index (χ0n) is 12.4. The number of amides is 1. The lowest BCUT2D eigenvalue weighted by Crippen LogP contribution is -2.25. The minimum Gasteiger partial charge on any atom is -0.469 e. The van der Waals surface area contributed by atoms with Gasteiger partial charge in [-0.2, -0.15) is 0 Å². The van der Waals surface area contributed by atoms with Gasteiger partial charge in [-0.3, -0.25) is 9.59 Å². The molecule has 0 bridgehead atoms. The molecule has 0 radical (unpaired) electrons. The molecule has 3 aromatic rings. The van der Waals surface area contributed by atoms with E-state index in [-0.39, 0.29) is 30.6 Å². The molecular weight excluding hydrogens is 316 g/mol. The van der Waals surface area contributed by atoms with Gasteiger partial charge >= 0.3 is 5.97 Å². The fourth-order valence-electron chi connectivity index (χ4n) is 2.02. The van der Waals surface area contributed by atoms with Gasteiger partial charge < -0.3 is 14.5 Å². The average molecular weight is 330 g/mol. The molecule has 0 aliphatic carbocycles. The van der Waals surface area contributed by atoms with E-state index >= 15 is 0 Å². The van der Waals surface area contributed by atoms with Gasteiger partial charge in [-0.1, -0.05) is 12.1 Å². The number of benzene rings is 1. The van der Waals surface area contributed by atoms with E-state index in [1.165, 1.54) is 18.4 Å². The Morgan fingerprint density at radius 2 is 2.09 bits per heavy atom. The number of carbonyl (C=O) groups is 2. The fourth-order valence-corrected chi connectivity index (χ4v) is 2.95. The highest BCUT2D eigenvalue weighted by molar-refractivity contribution is 7.21. The van der Waals surface area contributed by atoms with Crippen LogP contribution in [0.25, 0.3) is 21.0 Å². The van der Waals surface area contributed by atoms with Crippen molar-refractivity contribution < 1.29 is 18.7 Å². The number of nitrogens with zero attached hydrogens (tertiary/aromatic N) is 1. The molecule has 1 N–H and O–H groups in total. The lowest BCUT2D eigenvalue weighted by atomic mass is 10.3. The van der Waals surface area contributed by atoms with Gasteiger partial charge in [0.2, 0.25) is 0 Å². The highest BCUT2D eigenvalue weighted by atomic mass is 32.1. The van der Waals surface area contributed by atoms with Crippen LogP contribution < -0.4 is 5.32 Å². The van der Waals surface area contributed by atoms with E-state index < -0.39 is 0 Å². The van der Waals surface area contributed by atoms with Crippen LogP contribution in [0.4, 0.5) is 0 Å². The maximum atomic E-state index is 12.0. The lowest BCUT2D eigenvalue weighted by molar-refractivity contribution is -0.140. The second-order valence-corrected chi connectivity index (χ2v) is 5.76. The molecule has 0 aliphatic heterocycles. The number of hydrogen-bond donors (Lipinski definition) is 1. The first-order chi connectivity index (χ1) is 11.2. The largest absolute Gasteiger partial charge is 0.469 e. The summed E-state index contributed by atoms with van der Waals surface area (Å²) in [5.41, 5.74) is 0.896. The zero-order valence-corrected chi connectivity index (χ0v) is 13.2. The van der Waals surface area contributed by atoms with Crippen molar-refractivity contribution in [3.8, 4) is 10.8 Å². The molecule has 0 spiro atoms. The van der Waals surface area contributed by atoms with Crippen LogP contribution in [0.3, 0.4) is 0 Å². The van der Waals surface area contributed by atoms with Crippen molar-refractivity contribution in [3.05, 3.63) is 42.2 Å². The van der Waals surface area contributed by atoms with Gasteiger partial charge in [0, 0.05) is 6.54 Å². The molecule has 7 heteroatoms. The Morgan fingerprint density at radius 1 is 1.26 bits per heavy atom. The normalized spacial score (nSPS) is 10.7. The van der Waals surface area contributed by atoms with Crippen molar-refractivity contribution in [1.82, 2.24) is 10.3 Å². The number of esters is 1. The van der Waals surface area contributed by atoms with Gasteiger partial charge in [-0.15, -0.1) is 11.3 Å². The summed E-state index contributed by atoms with van der Waals surface area (Å²) in [5, 5.41) is 3.33. The summed E-state index contributed by atoms with van der Waals surface area (Å²) in [4.78, 5) is 27.4. The molecule has 118 valence electrons. The molecule has 2 aromatic heterocycles. The van der Waals surface area contributed by atoms with Crippen LogP contribution in [-0.2, 0) is 9.53 Å². The molecule has 23 heavy (non-hydrogen) atoms. The van der Waals surface area contributed by atoms with E-state index in [0.29, 0.717) is 5.76 Å². The van der Waals surface area contributed by atoms with E-state index in [0.717, 1.165) is 15.2 Å². The molecule has 0 saturated heterocycles. The van der Waals surface area contributed by atoms with E-state index in [9.17, 15) is 9.59 Å². The number of rotatable bonds is 5. The fraction of sp³-hybridized carbons (Fsp3) is 0.188. The third kappa shape index (κ3) is 3.40. The second kappa shape index (κ2) is 6.62. The number of carbonyl (C=O) groups excluding carboxylic acids is 2. The molecular formula is C16H14N2O4S. The Labute approximate surface area is 136 Å². The molecule has 0 unspecified atom stereocenters. The van der Waals surface area contributed by atoms with Gasteiger partial charge in [-0.25, -0.2) is 4.98 Å². The van der Waals surface area contributed by atoms with E-state index in [2.05, 4.69) is 15.0 Å². The number of para-hydroxylation sites is 1. The van der Waals surface area contributed by atoms with Crippen LogP contribution in [0.2, 0.25) is 0 Å². The average Bonchev–Trinajstić information content (AvgIpc) is 3.20. The number of thiazole rings is 1. The van der Waals surface area contributed by atoms with Gasteiger partial charge in [-0.05, 0) is 24.3 Å². The Balaban J connectivity index is 1.70. The highest BCUT2D eigenvalue weighted by Crippen LogP contribution is 2.31. The number of hydrogen-bond acceptors (Lipinski definition) is 6. The molecule has 0 fully saturated rings. The van der Waals surface area contributed by atoms with Crippen LogP contribution in [-0.4, -0.2) is 30.5 Å². The highest BCUT2D eigenvalue weighted by Gasteiger charge is 2.15. The monoisotopic (exact) mass is 330 g/mol.